The van der Waals surface area contributed by atoms with E-state index >= 15 is 0 Å². The van der Waals surface area contributed by atoms with Crippen molar-refractivity contribution in [1.82, 2.24) is 0 Å². The van der Waals surface area contributed by atoms with Crippen LogP contribution in [0.4, 0.5) is 5.69 Å². The highest BCUT2D eigenvalue weighted by molar-refractivity contribution is 5.91. The highest BCUT2D eigenvalue weighted by Crippen LogP contribution is 2.29. The van der Waals surface area contributed by atoms with Gasteiger partial charge >= 0.3 is 0 Å². The van der Waals surface area contributed by atoms with E-state index in [1.807, 2.05) is 12.1 Å². The maximum atomic E-state index is 12.2. The first-order chi connectivity index (χ1) is 9.78. The second kappa shape index (κ2) is 6.18. The molecule has 0 aromatic heterocycles. The normalized spacial score (nSPS) is 18.3. The summed E-state index contributed by atoms with van der Waals surface area (Å²) in [4.78, 5) is 12.2. The molecule has 1 aliphatic rings. The van der Waals surface area contributed by atoms with Gasteiger partial charge in [-0.05, 0) is 36.0 Å². The number of hydrogen-bond acceptors (Lipinski definition) is 2. The molecule has 0 radical (unpaired) electrons. The number of carbonyl (C=O) groups is 1. The second-order valence-electron chi connectivity index (χ2n) is 7.48. The largest absolute Gasteiger partial charge is 0.326 e. The van der Waals surface area contributed by atoms with Gasteiger partial charge < -0.3 is 11.1 Å². The van der Waals surface area contributed by atoms with Crippen molar-refractivity contribution in [2.45, 2.75) is 70.3 Å². The molecule has 1 amide bonds. The minimum Gasteiger partial charge on any atom is -0.326 e. The topological polar surface area (TPSA) is 55.1 Å². The van der Waals surface area contributed by atoms with E-state index in [0.717, 1.165) is 31.4 Å². The van der Waals surface area contributed by atoms with Crippen LogP contribution < -0.4 is 11.1 Å². The summed E-state index contributed by atoms with van der Waals surface area (Å²) in [6.45, 7) is 6.55. The molecule has 0 atom stereocenters. The summed E-state index contributed by atoms with van der Waals surface area (Å²) in [6, 6.07) is 8.11. The third kappa shape index (κ3) is 4.57. The Labute approximate surface area is 128 Å². The Balaban J connectivity index is 1.93. The summed E-state index contributed by atoms with van der Waals surface area (Å²) in [6.07, 6.45) is 5.88. The van der Waals surface area contributed by atoms with Crippen molar-refractivity contribution in [3.8, 4) is 0 Å². The number of carbonyl (C=O) groups excluding carboxylic acids is 1. The zero-order chi connectivity index (χ0) is 15.5. The van der Waals surface area contributed by atoms with Crippen molar-refractivity contribution < 1.29 is 4.79 Å². The predicted molar refractivity (Wildman–Crippen MR) is 88.4 cm³/mol. The van der Waals surface area contributed by atoms with E-state index < -0.39 is 0 Å². The highest BCUT2D eigenvalue weighted by Gasteiger charge is 2.29. The van der Waals surface area contributed by atoms with Crippen molar-refractivity contribution in [3.63, 3.8) is 0 Å². The number of benzene rings is 1. The molecule has 0 aliphatic heterocycles. The summed E-state index contributed by atoms with van der Waals surface area (Å²) in [5.74, 6) is 0.0305. The number of anilines is 1. The van der Waals surface area contributed by atoms with Crippen LogP contribution >= 0.6 is 0 Å². The molecule has 0 heterocycles. The molecular formula is C18H28N2O. The van der Waals surface area contributed by atoms with Crippen LogP contribution in [0.5, 0.6) is 0 Å². The smallest absolute Gasteiger partial charge is 0.226 e. The molecular weight excluding hydrogens is 260 g/mol. The zero-order valence-electron chi connectivity index (χ0n) is 13.5. The van der Waals surface area contributed by atoms with Crippen LogP contribution in [0, 0.1) is 0 Å². The van der Waals surface area contributed by atoms with Crippen LogP contribution in [0.1, 0.15) is 64.9 Å². The minimum absolute atomic E-state index is 0.0305. The van der Waals surface area contributed by atoms with Crippen molar-refractivity contribution in [2.24, 2.45) is 5.73 Å². The van der Waals surface area contributed by atoms with Crippen LogP contribution in [-0.2, 0) is 10.2 Å². The lowest BCUT2D eigenvalue weighted by atomic mass is 9.80. The number of amides is 1. The fourth-order valence-corrected chi connectivity index (χ4v) is 3.01. The van der Waals surface area contributed by atoms with Gasteiger partial charge in [-0.2, -0.15) is 0 Å². The first-order valence-electron chi connectivity index (χ1n) is 7.98. The number of hydrogen-bond donors (Lipinski definition) is 2. The average Bonchev–Trinajstić information content (AvgIpc) is 2.38. The van der Waals surface area contributed by atoms with Gasteiger partial charge in [0.2, 0.25) is 5.91 Å². The first-order valence-corrected chi connectivity index (χ1v) is 7.98. The van der Waals surface area contributed by atoms with Gasteiger partial charge in [-0.25, -0.2) is 0 Å². The van der Waals surface area contributed by atoms with Gasteiger partial charge in [0.1, 0.15) is 0 Å². The molecule has 116 valence electrons. The molecule has 2 rings (SSSR count). The van der Waals surface area contributed by atoms with E-state index in [1.165, 1.54) is 12.0 Å². The number of rotatable bonds is 3. The Morgan fingerprint density at radius 3 is 2.24 bits per heavy atom. The van der Waals surface area contributed by atoms with Gasteiger partial charge in [0, 0.05) is 17.6 Å². The Morgan fingerprint density at radius 1 is 1.14 bits per heavy atom. The lowest BCUT2D eigenvalue weighted by molar-refractivity contribution is -0.117. The summed E-state index contributed by atoms with van der Waals surface area (Å²) in [5, 5.41) is 2.97. The Hall–Kier alpha value is -1.35. The van der Waals surface area contributed by atoms with Crippen LogP contribution in [0.2, 0.25) is 0 Å². The van der Waals surface area contributed by atoms with Gasteiger partial charge in [-0.3, -0.25) is 4.79 Å². The summed E-state index contributed by atoms with van der Waals surface area (Å²) < 4.78 is 0. The number of nitrogens with two attached hydrogens (primary N) is 1. The fraction of sp³-hybridized carbons (Fsp3) is 0.611. The van der Waals surface area contributed by atoms with E-state index in [-0.39, 0.29) is 16.9 Å². The molecule has 1 aromatic carbocycles. The van der Waals surface area contributed by atoms with Crippen molar-refractivity contribution in [1.29, 1.82) is 0 Å². The Bertz CT molecular complexity index is 479. The van der Waals surface area contributed by atoms with E-state index in [2.05, 4.69) is 38.2 Å². The molecule has 21 heavy (non-hydrogen) atoms. The maximum absolute atomic E-state index is 12.2. The molecule has 0 saturated heterocycles. The zero-order valence-corrected chi connectivity index (χ0v) is 13.5. The highest BCUT2D eigenvalue weighted by atomic mass is 16.1. The lowest BCUT2D eigenvalue weighted by Crippen LogP contribution is -2.44. The molecule has 0 bridgehead atoms. The maximum Gasteiger partial charge on any atom is 0.226 e. The minimum atomic E-state index is -0.298. The molecule has 1 aromatic rings. The van der Waals surface area contributed by atoms with Crippen molar-refractivity contribution >= 4 is 11.6 Å². The molecule has 1 saturated carbocycles. The van der Waals surface area contributed by atoms with E-state index in [0.29, 0.717) is 6.42 Å². The van der Waals surface area contributed by atoms with Crippen LogP contribution in [0.15, 0.2) is 24.3 Å². The van der Waals surface area contributed by atoms with Crippen LogP contribution in [-0.4, -0.2) is 11.4 Å². The number of nitrogens with one attached hydrogen (secondary N) is 1. The van der Waals surface area contributed by atoms with Crippen LogP contribution in [0.3, 0.4) is 0 Å². The molecule has 3 heteroatoms. The standard InChI is InChI=1S/C18H28N2O/c1-17(2,3)14-7-9-15(10-8-14)20-16(21)13-18(19)11-5-4-6-12-18/h7-10H,4-6,11-13,19H2,1-3H3,(H,20,21). The Morgan fingerprint density at radius 2 is 1.71 bits per heavy atom. The predicted octanol–water partition coefficient (Wildman–Crippen LogP) is 3.97. The van der Waals surface area contributed by atoms with Crippen molar-refractivity contribution in [2.75, 3.05) is 5.32 Å². The quantitative estimate of drug-likeness (QED) is 0.884. The third-order valence-electron chi connectivity index (χ3n) is 4.40. The van der Waals surface area contributed by atoms with E-state index in [9.17, 15) is 4.79 Å². The summed E-state index contributed by atoms with van der Waals surface area (Å²) >= 11 is 0. The van der Waals surface area contributed by atoms with E-state index in [4.69, 9.17) is 5.73 Å². The van der Waals surface area contributed by atoms with Gasteiger partial charge in [0.05, 0.1) is 0 Å². The molecule has 3 nitrogen and oxygen atoms in total. The molecule has 0 spiro atoms. The van der Waals surface area contributed by atoms with Gasteiger partial charge in [-0.15, -0.1) is 0 Å². The Kier molecular flexibility index (Phi) is 4.72. The van der Waals surface area contributed by atoms with Gasteiger partial charge in [0.15, 0.2) is 0 Å². The second-order valence-corrected chi connectivity index (χ2v) is 7.48. The molecule has 1 fully saturated rings. The van der Waals surface area contributed by atoms with E-state index in [1.54, 1.807) is 0 Å². The average molecular weight is 288 g/mol. The summed E-state index contributed by atoms with van der Waals surface area (Å²) in [5.41, 5.74) is 8.29. The molecule has 1 aliphatic carbocycles. The van der Waals surface area contributed by atoms with Gasteiger partial charge in [0.25, 0.3) is 0 Å². The SMILES string of the molecule is CC(C)(C)c1ccc(NC(=O)CC2(N)CCCCC2)cc1. The lowest BCUT2D eigenvalue weighted by Gasteiger charge is -2.32. The fourth-order valence-electron chi connectivity index (χ4n) is 3.01. The molecule has 3 N–H and O–H groups in total. The molecule has 0 unspecified atom stereocenters. The van der Waals surface area contributed by atoms with Crippen LogP contribution in [0.25, 0.3) is 0 Å². The van der Waals surface area contributed by atoms with Crippen molar-refractivity contribution in [3.05, 3.63) is 29.8 Å². The third-order valence-corrected chi connectivity index (χ3v) is 4.40. The van der Waals surface area contributed by atoms with Gasteiger partial charge in [-0.1, -0.05) is 52.2 Å². The monoisotopic (exact) mass is 288 g/mol. The summed E-state index contributed by atoms with van der Waals surface area (Å²) in [7, 11) is 0. The first kappa shape index (κ1) is 16.0.